The Morgan fingerprint density at radius 1 is 1.21 bits per heavy atom. The third-order valence-electron chi connectivity index (χ3n) is 5.13. The number of carbonyl (C=O) groups is 2. The lowest BCUT2D eigenvalue weighted by molar-refractivity contribution is -0.137. The van der Waals surface area contributed by atoms with Crippen molar-refractivity contribution < 1.29 is 27.5 Å². The van der Waals surface area contributed by atoms with Gasteiger partial charge in [0.1, 0.15) is 11.6 Å². The summed E-state index contributed by atoms with van der Waals surface area (Å²) in [5.41, 5.74) is -1.70. The summed E-state index contributed by atoms with van der Waals surface area (Å²) in [4.78, 5) is 27.1. The van der Waals surface area contributed by atoms with Crippen LogP contribution >= 0.6 is 0 Å². The highest BCUT2D eigenvalue weighted by Crippen LogP contribution is 2.44. The van der Waals surface area contributed by atoms with Gasteiger partial charge in [0, 0.05) is 6.04 Å². The van der Waals surface area contributed by atoms with Gasteiger partial charge in [0.05, 0.1) is 11.3 Å². The summed E-state index contributed by atoms with van der Waals surface area (Å²) >= 11 is 0. The van der Waals surface area contributed by atoms with E-state index in [1.54, 1.807) is 20.8 Å². The molecular formula is C19H24F3N3O3. The Morgan fingerprint density at radius 2 is 1.89 bits per heavy atom. The van der Waals surface area contributed by atoms with Gasteiger partial charge in [-0.3, -0.25) is 9.69 Å². The van der Waals surface area contributed by atoms with E-state index in [-0.39, 0.29) is 17.6 Å². The van der Waals surface area contributed by atoms with Crippen molar-refractivity contribution in [1.82, 2.24) is 4.90 Å². The number of carbonyl (C=O) groups excluding carboxylic acids is 2. The van der Waals surface area contributed by atoms with E-state index in [0.29, 0.717) is 11.4 Å². The zero-order chi connectivity index (χ0) is 20.9. The van der Waals surface area contributed by atoms with Crippen LogP contribution in [-0.4, -0.2) is 34.6 Å². The SMILES string of the molecule is CC(C)(C)OC(=O)N1C2CCC(C2)C1C(=O)N(N)c1cccc(C(F)(F)F)c1. The zero-order valence-corrected chi connectivity index (χ0v) is 16.0. The lowest BCUT2D eigenvalue weighted by Crippen LogP contribution is -2.56. The van der Waals surface area contributed by atoms with Crippen molar-refractivity contribution in [2.24, 2.45) is 11.8 Å². The molecule has 3 unspecified atom stereocenters. The Balaban J connectivity index is 1.85. The van der Waals surface area contributed by atoms with Gasteiger partial charge in [-0.25, -0.2) is 15.6 Å². The molecule has 3 atom stereocenters. The molecule has 1 saturated carbocycles. The number of amides is 2. The molecule has 0 aromatic heterocycles. The Hall–Kier alpha value is -2.29. The van der Waals surface area contributed by atoms with Crippen molar-refractivity contribution in [2.75, 3.05) is 5.01 Å². The maximum absolute atomic E-state index is 13.0. The van der Waals surface area contributed by atoms with E-state index < -0.39 is 35.4 Å². The predicted molar refractivity (Wildman–Crippen MR) is 96.1 cm³/mol. The van der Waals surface area contributed by atoms with Crippen molar-refractivity contribution in [2.45, 2.75) is 63.9 Å². The molecule has 2 fully saturated rings. The number of rotatable bonds is 2. The summed E-state index contributed by atoms with van der Waals surface area (Å²) in [5.74, 6) is 5.19. The Labute approximate surface area is 161 Å². The minimum atomic E-state index is -4.55. The fraction of sp³-hybridized carbons (Fsp3) is 0.579. The number of alkyl halides is 3. The highest BCUT2D eigenvalue weighted by molar-refractivity contribution is 5.98. The first-order valence-electron chi connectivity index (χ1n) is 9.16. The highest BCUT2D eigenvalue weighted by Gasteiger charge is 2.53. The topological polar surface area (TPSA) is 75.9 Å². The number of fused-ring (bicyclic) bond motifs is 2. The van der Waals surface area contributed by atoms with Crippen LogP contribution in [0.5, 0.6) is 0 Å². The molecule has 1 aliphatic heterocycles. The molecule has 0 radical (unpaired) electrons. The van der Waals surface area contributed by atoms with Gasteiger partial charge < -0.3 is 4.74 Å². The van der Waals surface area contributed by atoms with Crippen LogP contribution in [0.15, 0.2) is 24.3 Å². The molecule has 2 aliphatic rings. The van der Waals surface area contributed by atoms with Crippen LogP contribution in [0.4, 0.5) is 23.7 Å². The Bertz CT molecular complexity index is 776. The van der Waals surface area contributed by atoms with Crippen LogP contribution in [0.1, 0.15) is 45.6 Å². The third-order valence-corrected chi connectivity index (χ3v) is 5.13. The van der Waals surface area contributed by atoms with Gasteiger partial charge >= 0.3 is 12.3 Å². The lowest BCUT2D eigenvalue weighted by atomic mass is 9.97. The molecule has 3 rings (SSSR count). The van der Waals surface area contributed by atoms with E-state index in [1.807, 2.05) is 0 Å². The standard InChI is InChI=1S/C19H24F3N3O3/c1-18(2,3)28-17(27)24-13-8-7-11(9-13)15(24)16(26)25(23)14-6-4-5-12(10-14)19(20,21)22/h4-6,10-11,13,15H,7-9,23H2,1-3H3. The molecule has 1 saturated heterocycles. The number of hydrogen-bond acceptors (Lipinski definition) is 4. The molecule has 1 aromatic rings. The molecular weight excluding hydrogens is 375 g/mol. The van der Waals surface area contributed by atoms with Crippen LogP contribution in [-0.2, 0) is 15.7 Å². The average Bonchev–Trinajstić information content (AvgIpc) is 3.19. The number of ether oxygens (including phenoxy) is 1. The normalized spacial score (nSPS) is 24.4. The molecule has 1 aromatic carbocycles. The molecule has 2 N–H and O–H groups in total. The smallest absolute Gasteiger partial charge is 0.416 e. The van der Waals surface area contributed by atoms with Crippen LogP contribution in [0.3, 0.4) is 0 Å². The first kappa shape index (κ1) is 20.4. The van der Waals surface area contributed by atoms with Crippen molar-refractivity contribution in [3.8, 4) is 0 Å². The van der Waals surface area contributed by atoms with E-state index in [9.17, 15) is 22.8 Å². The fourth-order valence-electron chi connectivity index (χ4n) is 3.99. The minimum Gasteiger partial charge on any atom is -0.444 e. The number of hydrogen-bond donors (Lipinski definition) is 1. The Kier molecular flexibility index (Phi) is 5.07. The molecule has 0 spiro atoms. The minimum absolute atomic E-state index is 0.0771. The van der Waals surface area contributed by atoms with E-state index >= 15 is 0 Å². The second kappa shape index (κ2) is 6.95. The van der Waals surface area contributed by atoms with Crippen LogP contribution in [0.25, 0.3) is 0 Å². The first-order valence-corrected chi connectivity index (χ1v) is 9.16. The maximum Gasteiger partial charge on any atom is 0.416 e. The van der Waals surface area contributed by atoms with Crippen molar-refractivity contribution in [3.05, 3.63) is 29.8 Å². The van der Waals surface area contributed by atoms with E-state index in [1.165, 1.54) is 17.0 Å². The van der Waals surface area contributed by atoms with Gasteiger partial charge in [-0.2, -0.15) is 13.2 Å². The summed E-state index contributed by atoms with van der Waals surface area (Å²) in [6.45, 7) is 5.19. The molecule has 9 heteroatoms. The maximum atomic E-state index is 13.0. The summed E-state index contributed by atoms with van der Waals surface area (Å²) in [6, 6.07) is 3.29. The van der Waals surface area contributed by atoms with Crippen molar-refractivity contribution in [1.29, 1.82) is 0 Å². The van der Waals surface area contributed by atoms with Gasteiger partial charge in [-0.1, -0.05) is 6.07 Å². The third kappa shape index (κ3) is 3.94. The molecule has 1 heterocycles. The number of benzene rings is 1. The fourth-order valence-corrected chi connectivity index (χ4v) is 3.99. The average molecular weight is 399 g/mol. The number of nitrogens with zero attached hydrogens (tertiary/aromatic N) is 2. The van der Waals surface area contributed by atoms with Crippen LogP contribution < -0.4 is 10.9 Å². The second-order valence-electron chi connectivity index (χ2n) is 8.32. The molecule has 2 amide bonds. The highest BCUT2D eigenvalue weighted by atomic mass is 19.4. The van der Waals surface area contributed by atoms with Gasteiger partial charge in [-0.15, -0.1) is 0 Å². The van der Waals surface area contributed by atoms with E-state index in [0.717, 1.165) is 25.0 Å². The largest absolute Gasteiger partial charge is 0.444 e. The quantitative estimate of drug-likeness (QED) is 0.467. The van der Waals surface area contributed by atoms with E-state index in [2.05, 4.69) is 0 Å². The molecule has 2 bridgehead atoms. The summed E-state index contributed by atoms with van der Waals surface area (Å²) < 4.78 is 44.3. The second-order valence-corrected chi connectivity index (χ2v) is 8.32. The summed E-state index contributed by atoms with van der Waals surface area (Å²) in [6.07, 6.45) is -2.96. The number of hydrazine groups is 1. The Morgan fingerprint density at radius 3 is 2.50 bits per heavy atom. The zero-order valence-electron chi connectivity index (χ0n) is 16.0. The number of halogens is 3. The summed E-state index contributed by atoms with van der Waals surface area (Å²) in [7, 11) is 0. The van der Waals surface area contributed by atoms with Gasteiger partial charge in [0.25, 0.3) is 5.91 Å². The molecule has 28 heavy (non-hydrogen) atoms. The number of piperidine rings is 1. The van der Waals surface area contributed by atoms with Crippen molar-refractivity contribution in [3.63, 3.8) is 0 Å². The van der Waals surface area contributed by atoms with Gasteiger partial charge in [0.2, 0.25) is 0 Å². The number of anilines is 1. The monoisotopic (exact) mass is 399 g/mol. The van der Waals surface area contributed by atoms with Gasteiger partial charge in [0.15, 0.2) is 0 Å². The predicted octanol–water partition coefficient (Wildman–Crippen LogP) is 3.70. The molecule has 6 nitrogen and oxygen atoms in total. The van der Waals surface area contributed by atoms with Crippen LogP contribution in [0.2, 0.25) is 0 Å². The van der Waals surface area contributed by atoms with E-state index in [4.69, 9.17) is 10.6 Å². The summed E-state index contributed by atoms with van der Waals surface area (Å²) in [5, 5.41) is 0.706. The molecule has 1 aliphatic carbocycles. The van der Waals surface area contributed by atoms with Gasteiger partial charge in [-0.05, 0) is 64.2 Å². The number of likely N-dealkylation sites (tertiary alicyclic amines) is 1. The molecule has 154 valence electrons. The number of nitrogens with two attached hydrogens (primary N) is 1. The van der Waals surface area contributed by atoms with Crippen molar-refractivity contribution >= 4 is 17.7 Å². The lowest BCUT2D eigenvalue weighted by Gasteiger charge is -2.37. The first-order chi connectivity index (χ1) is 12.9. The van der Waals surface area contributed by atoms with Crippen LogP contribution in [0, 0.1) is 5.92 Å².